The summed E-state index contributed by atoms with van der Waals surface area (Å²) in [6.45, 7) is 1.94. The van der Waals surface area contributed by atoms with Crippen LogP contribution in [-0.2, 0) is 6.54 Å². The van der Waals surface area contributed by atoms with Crippen molar-refractivity contribution in [3.63, 3.8) is 0 Å². The molecular formula is C11H18N2O. The number of anilines is 1. The summed E-state index contributed by atoms with van der Waals surface area (Å²) in [5, 5.41) is 15.0. The molecule has 0 heterocycles. The second kappa shape index (κ2) is 6.40. The Morgan fingerprint density at radius 1 is 1.36 bits per heavy atom. The van der Waals surface area contributed by atoms with Crippen LogP contribution in [0.1, 0.15) is 12.0 Å². The quantitative estimate of drug-likeness (QED) is 0.596. The first-order chi connectivity index (χ1) is 6.86. The van der Waals surface area contributed by atoms with Gasteiger partial charge in [0.2, 0.25) is 0 Å². The van der Waals surface area contributed by atoms with Crippen molar-refractivity contribution < 1.29 is 5.11 Å². The van der Waals surface area contributed by atoms with Crippen molar-refractivity contribution in [1.29, 1.82) is 0 Å². The molecule has 0 aromatic heterocycles. The Morgan fingerprint density at radius 2 is 2.21 bits per heavy atom. The lowest BCUT2D eigenvalue weighted by Gasteiger charge is -2.07. The standard InChI is InChI=1S/C11H18N2O/c1-12-9-10-4-2-5-11(8-10)13-6-3-7-14/h2,4-5,8,12-14H,3,6-7,9H2,1H3. The molecule has 0 radical (unpaired) electrons. The Morgan fingerprint density at radius 3 is 2.93 bits per heavy atom. The summed E-state index contributed by atoms with van der Waals surface area (Å²) in [6, 6.07) is 8.28. The number of nitrogens with one attached hydrogen (secondary N) is 2. The second-order valence-electron chi connectivity index (χ2n) is 3.23. The molecular weight excluding hydrogens is 176 g/mol. The van der Waals surface area contributed by atoms with Crippen LogP contribution in [0, 0.1) is 0 Å². The van der Waals surface area contributed by atoms with E-state index in [1.54, 1.807) is 0 Å². The van der Waals surface area contributed by atoms with Gasteiger partial charge in [-0.15, -0.1) is 0 Å². The first-order valence-corrected chi connectivity index (χ1v) is 4.95. The zero-order valence-corrected chi connectivity index (χ0v) is 8.59. The van der Waals surface area contributed by atoms with Gasteiger partial charge in [0.05, 0.1) is 0 Å². The van der Waals surface area contributed by atoms with Gasteiger partial charge in [0.1, 0.15) is 0 Å². The summed E-state index contributed by atoms with van der Waals surface area (Å²) in [5.74, 6) is 0. The van der Waals surface area contributed by atoms with E-state index in [0.717, 1.165) is 25.2 Å². The van der Waals surface area contributed by atoms with Crippen molar-refractivity contribution in [3.05, 3.63) is 29.8 Å². The van der Waals surface area contributed by atoms with Crippen molar-refractivity contribution in [1.82, 2.24) is 5.32 Å². The lowest BCUT2D eigenvalue weighted by Crippen LogP contribution is -2.07. The molecule has 1 aromatic rings. The van der Waals surface area contributed by atoms with E-state index in [1.807, 2.05) is 19.2 Å². The molecule has 0 aliphatic heterocycles. The van der Waals surface area contributed by atoms with E-state index in [9.17, 15) is 0 Å². The average molecular weight is 194 g/mol. The molecule has 0 atom stereocenters. The van der Waals surface area contributed by atoms with Gasteiger partial charge in [0.25, 0.3) is 0 Å². The van der Waals surface area contributed by atoms with Crippen molar-refractivity contribution >= 4 is 5.69 Å². The van der Waals surface area contributed by atoms with E-state index in [-0.39, 0.29) is 6.61 Å². The fourth-order valence-electron chi connectivity index (χ4n) is 1.31. The largest absolute Gasteiger partial charge is 0.396 e. The number of hydrogen-bond donors (Lipinski definition) is 3. The monoisotopic (exact) mass is 194 g/mol. The van der Waals surface area contributed by atoms with Crippen LogP contribution in [0.2, 0.25) is 0 Å². The van der Waals surface area contributed by atoms with Crippen molar-refractivity contribution in [2.45, 2.75) is 13.0 Å². The molecule has 0 saturated heterocycles. The maximum Gasteiger partial charge on any atom is 0.0447 e. The molecule has 3 N–H and O–H groups in total. The van der Waals surface area contributed by atoms with Gasteiger partial charge < -0.3 is 15.7 Å². The number of benzene rings is 1. The molecule has 0 spiro atoms. The van der Waals surface area contributed by atoms with Gasteiger partial charge in [-0.05, 0) is 31.2 Å². The van der Waals surface area contributed by atoms with Crippen LogP contribution >= 0.6 is 0 Å². The van der Waals surface area contributed by atoms with E-state index in [4.69, 9.17) is 5.11 Å². The van der Waals surface area contributed by atoms with Crippen molar-refractivity contribution in [2.24, 2.45) is 0 Å². The minimum absolute atomic E-state index is 0.239. The highest BCUT2D eigenvalue weighted by Gasteiger charge is 1.93. The molecule has 1 rings (SSSR count). The summed E-state index contributed by atoms with van der Waals surface area (Å²) < 4.78 is 0. The minimum Gasteiger partial charge on any atom is -0.396 e. The Hall–Kier alpha value is -1.06. The maximum absolute atomic E-state index is 8.63. The van der Waals surface area contributed by atoms with Crippen molar-refractivity contribution in [3.8, 4) is 0 Å². The molecule has 0 saturated carbocycles. The Kier molecular flexibility index (Phi) is 5.04. The number of rotatable bonds is 6. The van der Waals surface area contributed by atoms with E-state index in [0.29, 0.717) is 0 Å². The highest BCUT2D eigenvalue weighted by molar-refractivity contribution is 5.45. The third-order valence-electron chi connectivity index (χ3n) is 1.97. The molecule has 3 heteroatoms. The van der Waals surface area contributed by atoms with Crippen LogP contribution in [0.3, 0.4) is 0 Å². The Bertz CT molecular complexity index is 263. The van der Waals surface area contributed by atoms with Crippen molar-refractivity contribution in [2.75, 3.05) is 25.5 Å². The molecule has 1 aromatic carbocycles. The number of aliphatic hydroxyl groups excluding tert-OH is 1. The van der Waals surface area contributed by atoms with Crippen LogP contribution in [-0.4, -0.2) is 25.3 Å². The molecule has 14 heavy (non-hydrogen) atoms. The first kappa shape index (κ1) is 11.0. The summed E-state index contributed by atoms with van der Waals surface area (Å²) in [5.41, 5.74) is 2.38. The molecule has 3 nitrogen and oxygen atoms in total. The van der Waals surface area contributed by atoms with Gasteiger partial charge in [0, 0.05) is 25.4 Å². The molecule has 0 aliphatic rings. The van der Waals surface area contributed by atoms with Crippen LogP contribution < -0.4 is 10.6 Å². The highest BCUT2D eigenvalue weighted by Crippen LogP contribution is 2.10. The summed E-state index contributed by atoms with van der Waals surface area (Å²) >= 11 is 0. The van der Waals surface area contributed by atoms with E-state index in [2.05, 4.69) is 22.8 Å². The van der Waals surface area contributed by atoms with Crippen LogP contribution in [0.5, 0.6) is 0 Å². The zero-order chi connectivity index (χ0) is 10.2. The highest BCUT2D eigenvalue weighted by atomic mass is 16.3. The molecule has 0 unspecified atom stereocenters. The van der Waals surface area contributed by atoms with Gasteiger partial charge >= 0.3 is 0 Å². The Balaban J connectivity index is 2.46. The third kappa shape index (κ3) is 3.77. The molecule has 0 fully saturated rings. The topological polar surface area (TPSA) is 44.3 Å². The number of aliphatic hydroxyl groups is 1. The molecule has 78 valence electrons. The predicted molar refractivity (Wildman–Crippen MR) is 59.4 cm³/mol. The minimum atomic E-state index is 0.239. The average Bonchev–Trinajstić information content (AvgIpc) is 2.19. The zero-order valence-electron chi connectivity index (χ0n) is 8.59. The van der Waals surface area contributed by atoms with Gasteiger partial charge in [-0.3, -0.25) is 0 Å². The lowest BCUT2D eigenvalue weighted by atomic mass is 10.2. The van der Waals surface area contributed by atoms with E-state index >= 15 is 0 Å². The van der Waals surface area contributed by atoms with Gasteiger partial charge in [-0.2, -0.15) is 0 Å². The van der Waals surface area contributed by atoms with Crippen LogP contribution in [0.4, 0.5) is 5.69 Å². The molecule has 0 amide bonds. The van der Waals surface area contributed by atoms with E-state index < -0.39 is 0 Å². The van der Waals surface area contributed by atoms with Gasteiger partial charge in [-0.25, -0.2) is 0 Å². The third-order valence-corrected chi connectivity index (χ3v) is 1.97. The summed E-state index contributed by atoms with van der Waals surface area (Å²) in [7, 11) is 1.94. The fourth-order valence-corrected chi connectivity index (χ4v) is 1.31. The molecule has 0 aliphatic carbocycles. The predicted octanol–water partition coefficient (Wildman–Crippen LogP) is 1.20. The van der Waals surface area contributed by atoms with Crippen LogP contribution in [0.25, 0.3) is 0 Å². The number of hydrogen-bond acceptors (Lipinski definition) is 3. The van der Waals surface area contributed by atoms with Gasteiger partial charge in [0.15, 0.2) is 0 Å². The smallest absolute Gasteiger partial charge is 0.0447 e. The van der Waals surface area contributed by atoms with Crippen LogP contribution in [0.15, 0.2) is 24.3 Å². The lowest BCUT2D eigenvalue weighted by molar-refractivity contribution is 0.292. The second-order valence-corrected chi connectivity index (χ2v) is 3.23. The molecule has 0 bridgehead atoms. The van der Waals surface area contributed by atoms with Gasteiger partial charge in [-0.1, -0.05) is 12.1 Å². The Labute approximate surface area is 85.2 Å². The fraction of sp³-hybridized carbons (Fsp3) is 0.455. The van der Waals surface area contributed by atoms with E-state index in [1.165, 1.54) is 5.56 Å². The summed E-state index contributed by atoms with van der Waals surface area (Å²) in [6.07, 6.45) is 0.788. The maximum atomic E-state index is 8.63. The summed E-state index contributed by atoms with van der Waals surface area (Å²) in [4.78, 5) is 0. The first-order valence-electron chi connectivity index (χ1n) is 4.95. The normalized spacial score (nSPS) is 10.1. The SMILES string of the molecule is CNCc1cccc(NCCCO)c1.